The molecule has 0 unspecified atom stereocenters. The van der Waals surface area contributed by atoms with Gasteiger partial charge in [-0.2, -0.15) is 18.3 Å². The van der Waals surface area contributed by atoms with Crippen LogP contribution in [0.2, 0.25) is 0 Å². The summed E-state index contributed by atoms with van der Waals surface area (Å²) in [5.41, 5.74) is 0.381. The van der Waals surface area contributed by atoms with E-state index in [0.29, 0.717) is 0 Å². The summed E-state index contributed by atoms with van der Waals surface area (Å²) in [6.07, 6.45) is -5.34. The molecule has 2 rings (SSSR count). The number of hydrazone groups is 1. The second-order valence-corrected chi connectivity index (χ2v) is 6.14. The van der Waals surface area contributed by atoms with E-state index < -0.39 is 23.4 Å². The van der Waals surface area contributed by atoms with Crippen LogP contribution in [0.3, 0.4) is 0 Å². The molecule has 0 saturated heterocycles. The van der Waals surface area contributed by atoms with Gasteiger partial charge in [-0.05, 0) is 26.0 Å². The second kappa shape index (κ2) is 6.31. The Balaban J connectivity index is 2.41. The number of cyclic esters (lactones) is 1. The topological polar surface area (TPSA) is 74.2 Å². The Hall–Kier alpha value is -2.29. The third-order valence-electron chi connectivity index (χ3n) is 3.29. The minimum absolute atomic E-state index is 0.0234. The Labute approximate surface area is 136 Å². The molecule has 6 nitrogen and oxygen atoms in total. The van der Waals surface area contributed by atoms with Crippen LogP contribution in [0.5, 0.6) is 0 Å². The van der Waals surface area contributed by atoms with Gasteiger partial charge in [-0.3, -0.25) is 0 Å². The zero-order chi connectivity index (χ0) is 18.1. The molecule has 2 N–H and O–H groups in total. The van der Waals surface area contributed by atoms with Gasteiger partial charge >= 0.3 is 12.3 Å². The third-order valence-corrected chi connectivity index (χ3v) is 3.29. The van der Waals surface area contributed by atoms with E-state index in [1.54, 1.807) is 0 Å². The Bertz CT molecular complexity index is 666. The van der Waals surface area contributed by atoms with Gasteiger partial charge in [-0.15, -0.1) is 0 Å². The van der Waals surface area contributed by atoms with Crippen LogP contribution in [0.15, 0.2) is 23.3 Å². The molecular weight excluding hydrogens is 327 g/mol. The number of ether oxygens (including phenoxy) is 1. The standard InChI is InChI=1S/C15H18F3N3O3/c1-14(2,23)8-21(3)12-5-4-9(6-10(12)15(16,17)18)11-7-24-13(22)20-19-11/h4-6,23H,7-8H2,1-3H3,(H,20,22). The molecule has 0 saturated carbocycles. The molecule has 1 amide bonds. The minimum Gasteiger partial charge on any atom is -0.442 e. The van der Waals surface area contributed by atoms with E-state index in [4.69, 9.17) is 4.74 Å². The van der Waals surface area contributed by atoms with Crippen molar-refractivity contribution in [2.24, 2.45) is 5.10 Å². The van der Waals surface area contributed by atoms with Crippen LogP contribution >= 0.6 is 0 Å². The van der Waals surface area contributed by atoms with E-state index in [0.717, 1.165) is 6.07 Å². The predicted octanol–water partition coefficient (Wildman–Crippen LogP) is 2.36. The van der Waals surface area contributed by atoms with Crippen molar-refractivity contribution in [1.29, 1.82) is 0 Å². The fourth-order valence-corrected chi connectivity index (χ4v) is 2.40. The quantitative estimate of drug-likeness (QED) is 0.879. The van der Waals surface area contributed by atoms with Gasteiger partial charge in [-0.25, -0.2) is 10.2 Å². The number of anilines is 1. The first-order valence-corrected chi connectivity index (χ1v) is 7.12. The lowest BCUT2D eigenvalue weighted by Gasteiger charge is -2.29. The van der Waals surface area contributed by atoms with Crippen LogP contribution < -0.4 is 10.3 Å². The first kappa shape index (κ1) is 18.1. The van der Waals surface area contributed by atoms with Crippen LogP contribution in [0, 0.1) is 0 Å². The highest BCUT2D eigenvalue weighted by Gasteiger charge is 2.36. The molecule has 0 fully saturated rings. The zero-order valence-corrected chi connectivity index (χ0v) is 13.4. The largest absolute Gasteiger partial charge is 0.442 e. The summed E-state index contributed by atoms with van der Waals surface area (Å²) >= 11 is 0. The number of nitrogens with one attached hydrogen (secondary N) is 1. The number of aliphatic hydroxyl groups is 1. The summed E-state index contributed by atoms with van der Waals surface area (Å²) in [4.78, 5) is 12.2. The molecule has 1 heterocycles. The lowest BCUT2D eigenvalue weighted by atomic mass is 10.0. The number of likely N-dealkylation sites (N-methyl/N-ethyl adjacent to an activating group) is 1. The fourth-order valence-electron chi connectivity index (χ4n) is 2.40. The van der Waals surface area contributed by atoms with Crippen LogP contribution in [-0.2, 0) is 10.9 Å². The highest BCUT2D eigenvalue weighted by atomic mass is 19.4. The molecule has 24 heavy (non-hydrogen) atoms. The summed E-state index contributed by atoms with van der Waals surface area (Å²) < 4.78 is 45.0. The van der Waals surface area contributed by atoms with E-state index in [-0.39, 0.29) is 30.1 Å². The molecule has 1 aromatic carbocycles. The maximum atomic E-state index is 13.4. The first-order chi connectivity index (χ1) is 11.0. The molecule has 1 aliphatic rings. The number of benzene rings is 1. The van der Waals surface area contributed by atoms with E-state index in [1.165, 1.54) is 37.9 Å². The van der Waals surface area contributed by atoms with Gasteiger partial charge in [0.05, 0.1) is 11.2 Å². The fraction of sp³-hybridized carbons (Fsp3) is 0.467. The Morgan fingerprint density at radius 2 is 2.04 bits per heavy atom. The summed E-state index contributed by atoms with van der Waals surface area (Å²) in [7, 11) is 1.48. The Morgan fingerprint density at radius 3 is 2.54 bits per heavy atom. The number of halogens is 3. The van der Waals surface area contributed by atoms with Crippen molar-refractivity contribution in [2.45, 2.75) is 25.6 Å². The van der Waals surface area contributed by atoms with Gasteiger partial charge in [0.15, 0.2) is 0 Å². The number of rotatable bonds is 4. The maximum Gasteiger partial charge on any atom is 0.428 e. The van der Waals surface area contributed by atoms with Gasteiger partial charge in [0.2, 0.25) is 0 Å². The highest BCUT2D eigenvalue weighted by molar-refractivity contribution is 6.04. The number of hydrogen-bond donors (Lipinski definition) is 2. The van der Waals surface area contributed by atoms with Gasteiger partial charge in [-0.1, -0.05) is 6.07 Å². The molecule has 0 bridgehead atoms. The molecule has 9 heteroatoms. The molecule has 0 aromatic heterocycles. The maximum absolute atomic E-state index is 13.4. The molecular formula is C15H18F3N3O3. The van der Waals surface area contributed by atoms with Crippen molar-refractivity contribution >= 4 is 17.5 Å². The van der Waals surface area contributed by atoms with E-state index in [1.807, 2.05) is 0 Å². The van der Waals surface area contributed by atoms with Crippen LogP contribution in [0.25, 0.3) is 0 Å². The normalized spacial score (nSPS) is 15.5. The van der Waals surface area contributed by atoms with E-state index in [9.17, 15) is 23.1 Å². The van der Waals surface area contributed by atoms with Crippen molar-refractivity contribution in [3.05, 3.63) is 29.3 Å². The number of carbonyl (C=O) groups excluding carboxylic acids is 1. The zero-order valence-electron chi connectivity index (χ0n) is 13.4. The third kappa shape index (κ3) is 4.38. The second-order valence-electron chi connectivity index (χ2n) is 6.14. The van der Waals surface area contributed by atoms with Crippen molar-refractivity contribution in [2.75, 3.05) is 25.1 Å². The van der Waals surface area contributed by atoms with Gasteiger partial charge in [0.25, 0.3) is 0 Å². The van der Waals surface area contributed by atoms with E-state index in [2.05, 4.69) is 10.5 Å². The van der Waals surface area contributed by atoms with Crippen molar-refractivity contribution in [3.8, 4) is 0 Å². The smallest absolute Gasteiger partial charge is 0.428 e. The molecule has 1 aliphatic heterocycles. The van der Waals surface area contributed by atoms with Gasteiger partial charge < -0.3 is 14.7 Å². The number of amides is 1. The minimum atomic E-state index is -4.58. The van der Waals surface area contributed by atoms with Crippen LogP contribution in [-0.4, -0.2) is 42.7 Å². The molecule has 0 spiro atoms. The molecule has 0 radical (unpaired) electrons. The molecule has 1 aromatic rings. The van der Waals surface area contributed by atoms with Crippen molar-refractivity contribution < 1.29 is 27.8 Å². The molecule has 132 valence electrons. The average molecular weight is 345 g/mol. The molecule has 0 aliphatic carbocycles. The molecule has 0 atom stereocenters. The number of nitrogens with zero attached hydrogens (tertiary/aromatic N) is 2. The highest BCUT2D eigenvalue weighted by Crippen LogP contribution is 2.37. The summed E-state index contributed by atoms with van der Waals surface area (Å²) in [5.74, 6) is 0. The number of carbonyl (C=O) groups is 1. The SMILES string of the molecule is CN(CC(C)(C)O)c1ccc(C2=NNC(=O)OC2)cc1C(F)(F)F. The lowest BCUT2D eigenvalue weighted by Crippen LogP contribution is -2.37. The van der Waals surface area contributed by atoms with E-state index >= 15 is 0 Å². The van der Waals surface area contributed by atoms with Gasteiger partial charge in [0.1, 0.15) is 12.3 Å². The lowest BCUT2D eigenvalue weighted by molar-refractivity contribution is -0.137. The van der Waals surface area contributed by atoms with Crippen molar-refractivity contribution in [3.63, 3.8) is 0 Å². The Morgan fingerprint density at radius 1 is 1.38 bits per heavy atom. The van der Waals surface area contributed by atoms with Crippen LogP contribution in [0.4, 0.5) is 23.7 Å². The van der Waals surface area contributed by atoms with Crippen LogP contribution in [0.1, 0.15) is 25.0 Å². The summed E-state index contributed by atoms with van der Waals surface area (Å²) in [5, 5.41) is 13.5. The number of alkyl halides is 3. The Kier molecular flexibility index (Phi) is 4.75. The van der Waals surface area contributed by atoms with Gasteiger partial charge in [0, 0.05) is 24.8 Å². The van der Waals surface area contributed by atoms with Crippen molar-refractivity contribution in [1.82, 2.24) is 5.43 Å². The predicted molar refractivity (Wildman–Crippen MR) is 82.0 cm³/mol. The average Bonchev–Trinajstić information content (AvgIpc) is 2.44. The summed E-state index contributed by atoms with van der Waals surface area (Å²) in [6.45, 7) is 2.85. The first-order valence-electron chi connectivity index (χ1n) is 7.12. The summed E-state index contributed by atoms with van der Waals surface area (Å²) in [6, 6.07) is 3.73. The number of hydrogen-bond acceptors (Lipinski definition) is 5. The monoisotopic (exact) mass is 345 g/mol.